The Morgan fingerprint density at radius 3 is 2.79 bits per heavy atom. The summed E-state index contributed by atoms with van der Waals surface area (Å²) < 4.78 is 10.9. The van der Waals surface area contributed by atoms with Gasteiger partial charge in [0.1, 0.15) is 5.75 Å². The number of ether oxygens (including phenoxy) is 2. The minimum absolute atomic E-state index is 0.0826. The lowest BCUT2D eigenvalue weighted by Crippen LogP contribution is -2.44. The van der Waals surface area contributed by atoms with Crippen LogP contribution < -0.4 is 4.74 Å². The molecule has 1 saturated heterocycles. The lowest BCUT2D eigenvalue weighted by molar-refractivity contribution is -0.143. The lowest BCUT2D eigenvalue weighted by atomic mass is 9.81. The number of nitrogens with zero attached hydrogens (tertiary/aromatic N) is 1. The normalized spacial score (nSPS) is 25.3. The number of hydrogen-bond acceptors (Lipinski definition) is 4. The van der Waals surface area contributed by atoms with Crippen LogP contribution in [0.1, 0.15) is 31.2 Å². The molecule has 1 aliphatic heterocycles. The van der Waals surface area contributed by atoms with Gasteiger partial charge in [0.15, 0.2) is 6.61 Å². The van der Waals surface area contributed by atoms with Crippen LogP contribution in [0, 0.1) is 5.41 Å². The van der Waals surface area contributed by atoms with E-state index in [4.69, 9.17) is 14.6 Å². The van der Waals surface area contributed by atoms with E-state index in [1.165, 1.54) is 0 Å². The molecule has 6 nitrogen and oxygen atoms in total. The minimum atomic E-state index is -1.01. The standard InChI is InChI=1S/C18H23NO5/c1-19(17(22)18-8-2-3-15(18)23-10-9-18)11-13-4-6-14(7-5-13)24-12-16(20)21/h4-7,15H,2-3,8-12H2,1H3,(H,20,21)/t15-,18+/m1/s1. The van der Waals surface area contributed by atoms with Crippen molar-refractivity contribution in [2.45, 2.75) is 38.3 Å². The molecule has 3 rings (SSSR count). The summed E-state index contributed by atoms with van der Waals surface area (Å²) in [6.07, 6.45) is 3.86. The Balaban J connectivity index is 1.61. The Bertz CT molecular complexity index is 602. The van der Waals surface area contributed by atoms with Gasteiger partial charge in [0.05, 0.1) is 11.5 Å². The van der Waals surface area contributed by atoms with E-state index in [1.807, 2.05) is 19.2 Å². The molecule has 1 heterocycles. The number of carbonyl (C=O) groups is 2. The Morgan fingerprint density at radius 2 is 2.08 bits per heavy atom. The average Bonchev–Trinajstić information content (AvgIpc) is 3.14. The summed E-state index contributed by atoms with van der Waals surface area (Å²) in [5, 5.41) is 8.61. The van der Waals surface area contributed by atoms with Gasteiger partial charge in [0.2, 0.25) is 5.91 Å². The molecule has 1 aromatic carbocycles. The predicted molar refractivity (Wildman–Crippen MR) is 86.7 cm³/mol. The second-order valence-corrected chi connectivity index (χ2v) is 6.65. The van der Waals surface area contributed by atoms with E-state index in [0.29, 0.717) is 18.9 Å². The fraction of sp³-hybridized carbons (Fsp3) is 0.556. The van der Waals surface area contributed by atoms with E-state index in [-0.39, 0.29) is 24.0 Å². The van der Waals surface area contributed by atoms with Gasteiger partial charge in [-0.15, -0.1) is 0 Å². The SMILES string of the molecule is CN(Cc1ccc(OCC(=O)O)cc1)C(=O)[C@]12CCC[C@H]1OCC2. The molecule has 0 radical (unpaired) electrons. The predicted octanol–water partition coefficient (Wildman–Crippen LogP) is 2.07. The van der Waals surface area contributed by atoms with Gasteiger partial charge in [-0.05, 0) is 43.4 Å². The van der Waals surface area contributed by atoms with Crippen LogP contribution in [-0.2, 0) is 20.9 Å². The van der Waals surface area contributed by atoms with Gasteiger partial charge in [-0.3, -0.25) is 4.79 Å². The first-order chi connectivity index (χ1) is 11.5. The van der Waals surface area contributed by atoms with Gasteiger partial charge in [-0.25, -0.2) is 4.79 Å². The number of carboxylic acids is 1. The molecule has 1 N–H and O–H groups in total. The first-order valence-electron chi connectivity index (χ1n) is 8.32. The topological polar surface area (TPSA) is 76.1 Å². The first kappa shape index (κ1) is 16.8. The van der Waals surface area contributed by atoms with Crippen molar-refractivity contribution >= 4 is 11.9 Å². The molecule has 130 valence electrons. The highest BCUT2D eigenvalue weighted by atomic mass is 16.5. The number of carbonyl (C=O) groups excluding carboxylic acids is 1. The molecule has 1 aromatic rings. The molecule has 1 saturated carbocycles. The van der Waals surface area contributed by atoms with Crippen molar-refractivity contribution in [1.82, 2.24) is 4.90 Å². The summed E-state index contributed by atoms with van der Waals surface area (Å²) in [6.45, 7) is 0.841. The van der Waals surface area contributed by atoms with E-state index in [0.717, 1.165) is 31.2 Å². The average molecular weight is 333 g/mol. The highest BCUT2D eigenvalue weighted by molar-refractivity contribution is 5.84. The van der Waals surface area contributed by atoms with Crippen LogP contribution in [0.15, 0.2) is 24.3 Å². The van der Waals surface area contributed by atoms with Gasteiger partial charge < -0.3 is 19.5 Å². The first-order valence-corrected chi connectivity index (χ1v) is 8.32. The maximum Gasteiger partial charge on any atom is 0.341 e. The van der Waals surface area contributed by atoms with Crippen LogP contribution in [0.2, 0.25) is 0 Å². The van der Waals surface area contributed by atoms with Crippen molar-refractivity contribution in [3.05, 3.63) is 29.8 Å². The molecule has 2 aliphatic rings. The van der Waals surface area contributed by atoms with Crippen molar-refractivity contribution in [3.63, 3.8) is 0 Å². The maximum atomic E-state index is 13.0. The van der Waals surface area contributed by atoms with Crippen molar-refractivity contribution in [3.8, 4) is 5.75 Å². The minimum Gasteiger partial charge on any atom is -0.482 e. The summed E-state index contributed by atoms with van der Waals surface area (Å²) in [5.74, 6) is -0.323. The summed E-state index contributed by atoms with van der Waals surface area (Å²) in [4.78, 5) is 25.2. The zero-order valence-corrected chi connectivity index (χ0v) is 13.9. The summed E-state index contributed by atoms with van der Waals surface area (Å²) in [6, 6.07) is 7.17. The van der Waals surface area contributed by atoms with Gasteiger partial charge in [-0.2, -0.15) is 0 Å². The number of hydrogen-bond donors (Lipinski definition) is 1. The number of rotatable bonds is 6. The third-order valence-electron chi connectivity index (χ3n) is 5.05. The largest absolute Gasteiger partial charge is 0.482 e. The molecular weight excluding hydrogens is 310 g/mol. The molecule has 1 amide bonds. The Hall–Kier alpha value is -2.08. The Morgan fingerprint density at radius 1 is 1.33 bits per heavy atom. The molecule has 24 heavy (non-hydrogen) atoms. The maximum absolute atomic E-state index is 13.0. The second kappa shape index (κ2) is 6.81. The van der Waals surface area contributed by atoms with Crippen LogP contribution >= 0.6 is 0 Å². The van der Waals surface area contributed by atoms with Gasteiger partial charge in [0, 0.05) is 20.2 Å². The van der Waals surface area contributed by atoms with E-state index >= 15 is 0 Å². The van der Waals surface area contributed by atoms with Gasteiger partial charge in [-0.1, -0.05) is 12.1 Å². The highest BCUT2D eigenvalue weighted by Gasteiger charge is 2.53. The van der Waals surface area contributed by atoms with E-state index in [1.54, 1.807) is 17.0 Å². The smallest absolute Gasteiger partial charge is 0.341 e. The third-order valence-corrected chi connectivity index (χ3v) is 5.05. The fourth-order valence-electron chi connectivity index (χ4n) is 3.87. The Labute approximate surface area is 141 Å². The Kier molecular flexibility index (Phi) is 4.76. The van der Waals surface area contributed by atoms with Crippen LogP contribution in [0.4, 0.5) is 0 Å². The van der Waals surface area contributed by atoms with Crippen LogP contribution in [0.25, 0.3) is 0 Å². The van der Waals surface area contributed by atoms with E-state index < -0.39 is 5.97 Å². The molecule has 0 aromatic heterocycles. The summed E-state index contributed by atoms with van der Waals surface area (Å²) in [7, 11) is 1.83. The number of fused-ring (bicyclic) bond motifs is 1. The zero-order valence-electron chi connectivity index (χ0n) is 13.9. The fourth-order valence-corrected chi connectivity index (χ4v) is 3.87. The summed E-state index contributed by atoms with van der Waals surface area (Å²) >= 11 is 0. The van der Waals surface area contributed by atoms with Crippen molar-refractivity contribution in [2.75, 3.05) is 20.3 Å². The molecule has 0 unspecified atom stereocenters. The van der Waals surface area contributed by atoms with Crippen LogP contribution in [-0.4, -0.2) is 48.2 Å². The van der Waals surface area contributed by atoms with Crippen molar-refractivity contribution in [2.24, 2.45) is 5.41 Å². The van der Waals surface area contributed by atoms with Crippen LogP contribution in [0.3, 0.4) is 0 Å². The van der Waals surface area contributed by atoms with Gasteiger partial charge >= 0.3 is 5.97 Å². The number of carboxylic acid groups (broad SMARTS) is 1. The third kappa shape index (κ3) is 3.24. The molecule has 0 spiro atoms. The second-order valence-electron chi connectivity index (χ2n) is 6.65. The van der Waals surface area contributed by atoms with Crippen LogP contribution in [0.5, 0.6) is 5.75 Å². The molecule has 6 heteroatoms. The number of amides is 1. The number of benzene rings is 1. The quantitative estimate of drug-likeness (QED) is 0.862. The van der Waals surface area contributed by atoms with Crippen molar-refractivity contribution in [1.29, 1.82) is 0 Å². The van der Waals surface area contributed by atoms with E-state index in [2.05, 4.69) is 0 Å². The molecule has 0 bridgehead atoms. The lowest BCUT2D eigenvalue weighted by Gasteiger charge is -2.31. The number of aliphatic carboxylic acids is 1. The monoisotopic (exact) mass is 333 g/mol. The molecule has 1 aliphatic carbocycles. The summed E-state index contributed by atoms with van der Waals surface area (Å²) in [5.41, 5.74) is 0.664. The van der Waals surface area contributed by atoms with E-state index in [9.17, 15) is 9.59 Å². The molecular formula is C18H23NO5. The van der Waals surface area contributed by atoms with Gasteiger partial charge in [0.25, 0.3) is 0 Å². The molecule has 2 atom stereocenters. The van der Waals surface area contributed by atoms with Crippen molar-refractivity contribution < 1.29 is 24.2 Å². The highest BCUT2D eigenvalue weighted by Crippen LogP contribution is 2.48. The zero-order chi connectivity index (χ0) is 17.2. The molecule has 2 fully saturated rings.